The summed E-state index contributed by atoms with van der Waals surface area (Å²) in [4.78, 5) is 12.9. The van der Waals surface area contributed by atoms with Gasteiger partial charge in [0.05, 0.1) is 16.4 Å². The van der Waals surface area contributed by atoms with Gasteiger partial charge >= 0.3 is 5.97 Å². The van der Waals surface area contributed by atoms with E-state index in [2.05, 4.69) is 0 Å². The minimum atomic E-state index is -1.37. The van der Waals surface area contributed by atoms with Crippen molar-refractivity contribution < 1.29 is 18.7 Å². The molecule has 0 amide bonds. The van der Waals surface area contributed by atoms with Crippen LogP contribution in [-0.2, 0) is 6.54 Å². The zero-order chi connectivity index (χ0) is 14.9. The summed E-state index contributed by atoms with van der Waals surface area (Å²) in [6.07, 6.45) is 0. The van der Waals surface area contributed by atoms with E-state index in [0.717, 1.165) is 17.0 Å². The van der Waals surface area contributed by atoms with Crippen molar-refractivity contribution in [1.29, 1.82) is 0 Å². The van der Waals surface area contributed by atoms with Gasteiger partial charge in [-0.05, 0) is 24.3 Å². The van der Waals surface area contributed by atoms with Crippen LogP contribution >= 0.6 is 22.9 Å². The van der Waals surface area contributed by atoms with Crippen molar-refractivity contribution in [1.82, 2.24) is 0 Å². The Bertz CT molecular complexity index is 637. The molecule has 0 bridgehead atoms. The van der Waals surface area contributed by atoms with Crippen LogP contribution in [0.3, 0.4) is 0 Å². The summed E-state index contributed by atoms with van der Waals surface area (Å²) in [5.41, 5.74) is -0.684. The molecule has 0 aliphatic rings. The van der Waals surface area contributed by atoms with E-state index in [-0.39, 0.29) is 12.2 Å². The van der Waals surface area contributed by atoms with Crippen molar-refractivity contribution in [3.63, 3.8) is 0 Å². The van der Waals surface area contributed by atoms with E-state index in [1.807, 2.05) is 0 Å². The first-order valence-corrected chi connectivity index (χ1v) is 6.75. The van der Waals surface area contributed by atoms with Crippen LogP contribution < -0.4 is 4.90 Å². The molecule has 0 radical (unpaired) electrons. The van der Waals surface area contributed by atoms with Crippen LogP contribution in [0, 0.1) is 11.6 Å². The molecule has 0 spiro atoms. The summed E-state index contributed by atoms with van der Waals surface area (Å²) in [7, 11) is 1.52. The zero-order valence-electron chi connectivity index (χ0n) is 10.4. The van der Waals surface area contributed by atoms with E-state index in [9.17, 15) is 13.6 Å². The molecule has 0 saturated heterocycles. The molecule has 0 saturated carbocycles. The number of carbonyl (C=O) groups is 1. The fourth-order valence-corrected chi connectivity index (χ4v) is 2.94. The maximum absolute atomic E-state index is 13.9. The number of nitrogens with zero attached hydrogens (tertiary/aromatic N) is 1. The van der Waals surface area contributed by atoms with Crippen molar-refractivity contribution in [2.75, 3.05) is 11.9 Å². The van der Waals surface area contributed by atoms with Gasteiger partial charge < -0.3 is 10.0 Å². The summed E-state index contributed by atoms with van der Waals surface area (Å²) >= 11 is 7.11. The third-order valence-corrected chi connectivity index (χ3v) is 3.88. The lowest BCUT2D eigenvalue weighted by atomic mass is 10.1. The number of halogens is 3. The van der Waals surface area contributed by atoms with Crippen molar-refractivity contribution in [2.24, 2.45) is 0 Å². The number of carboxylic acids is 1. The number of anilines is 1. The first-order chi connectivity index (χ1) is 9.38. The molecule has 3 nitrogen and oxygen atoms in total. The smallest absolute Gasteiger partial charge is 0.335 e. The van der Waals surface area contributed by atoms with Gasteiger partial charge in [0, 0.05) is 11.9 Å². The van der Waals surface area contributed by atoms with Gasteiger partial charge in [-0.3, -0.25) is 0 Å². The van der Waals surface area contributed by atoms with E-state index < -0.39 is 23.2 Å². The number of benzene rings is 1. The van der Waals surface area contributed by atoms with Crippen LogP contribution in [0.5, 0.6) is 0 Å². The quantitative estimate of drug-likeness (QED) is 0.926. The molecule has 0 fully saturated rings. The van der Waals surface area contributed by atoms with E-state index in [1.165, 1.54) is 23.3 Å². The highest BCUT2D eigenvalue weighted by Crippen LogP contribution is 2.28. The maximum Gasteiger partial charge on any atom is 0.335 e. The summed E-state index contributed by atoms with van der Waals surface area (Å²) in [6, 6.07) is 5.08. The number of hydrogen-bond acceptors (Lipinski definition) is 3. The predicted molar refractivity (Wildman–Crippen MR) is 74.8 cm³/mol. The third kappa shape index (κ3) is 3.08. The van der Waals surface area contributed by atoms with Crippen molar-refractivity contribution in [3.05, 3.63) is 50.7 Å². The third-order valence-electron chi connectivity index (χ3n) is 2.67. The molecule has 0 atom stereocenters. The van der Waals surface area contributed by atoms with E-state index in [1.54, 1.807) is 12.1 Å². The largest absolute Gasteiger partial charge is 0.478 e. The second kappa shape index (κ2) is 5.76. The summed E-state index contributed by atoms with van der Waals surface area (Å²) < 4.78 is 28.3. The molecule has 1 aromatic carbocycles. The Hall–Kier alpha value is -1.66. The van der Waals surface area contributed by atoms with Gasteiger partial charge in [0.1, 0.15) is 17.3 Å². The van der Waals surface area contributed by atoms with Crippen molar-refractivity contribution in [2.45, 2.75) is 6.54 Å². The highest BCUT2D eigenvalue weighted by Gasteiger charge is 2.18. The van der Waals surface area contributed by atoms with Crippen molar-refractivity contribution in [3.8, 4) is 0 Å². The van der Waals surface area contributed by atoms with E-state index in [4.69, 9.17) is 16.7 Å². The molecule has 0 aliphatic heterocycles. The molecule has 20 heavy (non-hydrogen) atoms. The average Bonchev–Trinajstić information content (AvgIpc) is 2.73. The standard InChI is InChI=1S/C13H10ClF2NO2S/c1-17(6-8-2-3-11(14)20-8)12-9(15)4-7(13(18)19)5-10(12)16/h2-5H,6H2,1H3,(H,18,19). The second-order valence-corrected chi connectivity index (χ2v) is 5.96. The number of aromatic carboxylic acids is 1. The number of rotatable bonds is 4. The van der Waals surface area contributed by atoms with Crippen LogP contribution in [0.4, 0.5) is 14.5 Å². The summed E-state index contributed by atoms with van der Waals surface area (Å²) in [6.45, 7) is 0.275. The Morgan fingerprint density at radius 3 is 2.40 bits per heavy atom. The van der Waals surface area contributed by atoms with Gasteiger partial charge in [-0.1, -0.05) is 11.6 Å². The number of thiophene rings is 1. The van der Waals surface area contributed by atoms with Gasteiger partial charge in [0.2, 0.25) is 0 Å². The lowest BCUT2D eigenvalue weighted by Crippen LogP contribution is -2.19. The Morgan fingerprint density at radius 1 is 1.35 bits per heavy atom. The molecule has 2 aromatic rings. The van der Waals surface area contributed by atoms with Gasteiger partial charge in [0.15, 0.2) is 0 Å². The molecule has 1 N–H and O–H groups in total. The molecule has 1 aromatic heterocycles. The van der Waals surface area contributed by atoms with Crippen LogP contribution in [0.25, 0.3) is 0 Å². The molecule has 2 rings (SSSR count). The minimum Gasteiger partial charge on any atom is -0.478 e. The Morgan fingerprint density at radius 2 is 1.95 bits per heavy atom. The minimum absolute atomic E-state index is 0.264. The topological polar surface area (TPSA) is 40.5 Å². The first kappa shape index (κ1) is 14.7. The molecule has 0 aliphatic carbocycles. The summed E-state index contributed by atoms with van der Waals surface area (Å²) in [5, 5.41) is 8.74. The lowest BCUT2D eigenvalue weighted by Gasteiger charge is -2.20. The van der Waals surface area contributed by atoms with Gasteiger partial charge in [-0.25, -0.2) is 13.6 Å². The average molecular weight is 318 g/mol. The lowest BCUT2D eigenvalue weighted by molar-refractivity contribution is 0.0695. The fraction of sp³-hybridized carbons (Fsp3) is 0.154. The number of carboxylic acid groups (broad SMARTS) is 1. The molecular weight excluding hydrogens is 308 g/mol. The van der Waals surface area contributed by atoms with Gasteiger partial charge in [-0.2, -0.15) is 0 Å². The maximum atomic E-state index is 13.9. The molecule has 106 valence electrons. The fourth-order valence-electron chi connectivity index (χ4n) is 1.80. The second-order valence-electron chi connectivity index (χ2n) is 4.16. The normalized spacial score (nSPS) is 10.6. The van der Waals surface area contributed by atoms with Gasteiger partial charge in [0.25, 0.3) is 0 Å². The predicted octanol–water partition coefficient (Wildman–Crippen LogP) is 4.01. The van der Waals surface area contributed by atoms with E-state index >= 15 is 0 Å². The van der Waals surface area contributed by atoms with E-state index in [0.29, 0.717) is 4.34 Å². The summed E-state index contributed by atoms with van der Waals surface area (Å²) in [5.74, 6) is -3.19. The highest BCUT2D eigenvalue weighted by molar-refractivity contribution is 7.16. The Kier molecular flexibility index (Phi) is 4.25. The Balaban J connectivity index is 2.30. The van der Waals surface area contributed by atoms with Crippen molar-refractivity contribution >= 4 is 34.6 Å². The monoisotopic (exact) mass is 317 g/mol. The van der Waals surface area contributed by atoms with Crippen LogP contribution in [0.2, 0.25) is 4.34 Å². The SMILES string of the molecule is CN(Cc1ccc(Cl)s1)c1c(F)cc(C(=O)O)cc1F. The van der Waals surface area contributed by atoms with Gasteiger partial charge in [-0.15, -0.1) is 11.3 Å². The molecule has 7 heteroatoms. The van der Waals surface area contributed by atoms with Crippen LogP contribution in [0.15, 0.2) is 24.3 Å². The molecular formula is C13H10ClF2NO2S. The molecule has 1 heterocycles. The highest BCUT2D eigenvalue weighted by atomic mass is 35.5. The zero-order valence-corrected chi connectivity index (χ0v) is 11.9. The van der Waals surface area contributed by atoms with Crippen LogP contribution in [0.1, 0.15) is 15.2 Å². The number of hydrogen-bond donors (Lipinski definition) is 1. The molecule has 0 unspecified atom stereocenters. The first-order valence-electron chi connectivity index (χ1n) is 5.56. The Labute approximate surface area is 123 Å². The van der Waals surface area contributed by atoms with Crippen LogP contribution in [-0.4, -0.2) is 18.1 Å².